The van der Waals surface area contributed by atoms with Gasteiger partial charge < -0.3 is 5.11 Å². The van der Waals surface area contributed by atoms with Crippen molar-refractivity contribution in [2.75, 3.05) is 4.72 Å². The van der Waals surface area contributed by atoms with Crippen LogP contribution >= 0.6 is 34.8 Å². The quantitative estimate of drug-likeness (QED) is 0.721. The zero-order chi connectivity index (χ0) is 15.8. The van der Waals surface area contributed by atoms with Crippen LogP contribution in [0.2, 0.25) is 15.1 Å². The molecule has 0 amide bonds. The molecule has 0 fully saturated rings. The summed E-state index contributed by atoms with van der Waals surface area (Å²) in [5.41, 5.74) is 0.384. The largest absolute Gasteiger partial charge is 0.390 e. The molecular weight excluding hydrogens is 361 g/mol. The van der Waals surface area contributed by atoms with Gasteiger partial charge in [0, 0.05) is 0 Å². The monoisotopic (exact) mass is 369 g/mol. The first-order chi connectivity index (χ1) is 9.76. The van der Waals surface area contributed by atoms with Crippen LogP contribution < -0.4 is 4.72 Å². The third kappa shape index (κ3) is 3.27. The van der Waals surface area contributed by atoms with Crippen molar-refractivity contribution in [1.82, 2.24) is 10.2 Å². The number of aromatic amines is 1. The molecule has 1 heterocycles. The lowest BCUT2D eigenvalue weighted by molar-refractivity contribution is 0.273. The molecule has 2 rings (SSSR count). The first-order valence-corrected chi connectivity index (χ1v) is 8.20. The Kier molecular flexibility index (Phi) is 4.69. The Morgan fingerprint density at radius 1 is 1.24 bits per heavy atom. The van der Waals surface area contributed by atoms with Crippen LogP contribution in [-0.2, 0) is 16.6 Å². The Balaban J connectivity index is 2.47. The van der Waals surface area contributed by atoms with Gasteiger partial charge in [0.05, 0.1) is 33.1 Å². The Bertz CT molecular complexity index is 789. The van der Waals surface area contributed by atoms with Gasteiger partial charge >= 0.3 is 0 Å². The van der Waals surface area contributed by atoms with Crippen molar-refractivity contribution in [1.29, 1.82) is 0 Å². The molecule has 0 unspecified atom stereocenters. The van der Waals surface area contributed by atoms with Gasteiger partial charge in [-0.2, -0.15) is 5.10 Å². The van der Waals surface area contributed by atoms with Crippen LogP contribution in [0.1, 0.15) is 11.4 Å². The molecule has 0 saturated heterocycles. The highest BCUT2D eigenvalue weighted by Gasteiger charge is 2.25. The number of hydrogen-bond acceptors (Lipinski definition) is 4. The zero-order valence-electron chi connectivity index (χ0n) is 10.6. The number of aliphatic hydroxyl groups excluding tert-OH is 1. The van der Waals surface area contributed by atoms with Crippen molar-refractivity contribution in [3.8, 4) is 0 Å². The van der Waals surface area contributed by atoms with Crippen molar-refractivity contribution in [2.24, 2.45) is 0 Å². The van der Waals surface area contributed by atoms with Crippen LogP contribution in [0.15, 0.2) is 17.0 Å². The summed E-state index contributed by atoms with van der Waals surface area (Å²) >= 11 is 17.6. The van der Waals surface area contributed by atoms with Gasteiger partial charge in [-0.3, -0.25) is 9.82 Å². The molecule has 1 aromatic heterocycles. The molecule has 21 heavy (non-hydrogen) atoms. The molecule has 0 aliphatic carbocycles. The van der Waals surface area contributed by atoms with E-state index in [1.165, 1.54) is 19.1 Å². The molecule has 0 aliphatic heterocycles. The van der Waals surface area contributed by atoms with Crippen molar-refractivity contribution in [3.05, 3.63) is 38.6 Å². The fourth-order valence-corrected chi connectivity index (χ4v) is 3.81. The highest BCUT2D eigenvalue weighted by molar-refractivity contribution is 7.92. The van der Waals surface area contributed by atoms with Crippen LogP contribution in [0.3, 0.4) is 0 Å². The lowest BCUT2D eigenvalue weighted by Gasteiger charge is -2.11. The number of H-pyrrole nitrogens is 1. The average Bonchev–Trinajstić information content (AvgIpc) is 2.77. The highest BCUT2D eigenvalue weighted by atomic mass is 35.5. The maximum atomic E-state index is 12.4. The summed E-state index contributed by atoms with van der Waals surface area (Å²) in [6.45, 7) is 1.01. The highest BCUT2D eigenvalue weighted by Crippen LogP contribution is 2.34. The summed E-state index contributed by atoms with van der Waals surface area (Å²) in [6, 6.07) is 2.64. The van der Waals surface area contributed by atoms with Crippen LogP contribution in [-0.4, -0.2) is 23.7 Å². The maximum Gasteiger partial charge on any atom is 0.265 e. The van der Waals surface area contributed by atoms with Crippen LogP contribution in [0.5, 0.6) is 0 Å². The molecule has 0 bridgehead atoms. The van der Waals surface area contributed by atoms with E-state index in [1.54, 1.807) is 0 Å². The van der Waals surface area contributed by atoms with Gasteiger partial charge in [-0.1, -0.05) is 34.8 Å². The molecule has 0 radical (unpaired) electrons. The van der Waals surface area contributed by atoms with E-state index in [0.29, 0.717) is 5.69 Å². The molecule has 10 heteroatoms. The molecule has 2 aromatic rings. The second-order valence-electron chi connectivity index (χ2n) is 4.13. The summed E-state index contributed by atoms with van der Waals surface area (Å²) < 4.78 is 27.1. The van der Waals surface area contributed by atoms with E-state index < -0.39 is 16.6 Å². The van der Waals surface area contributed by atoms with Gasteiger partial charge in [-0.15, -0.1) is 0 Å². The van der Waals surface area contributed by atoms with Gasteiger partial charge in [0.2, 0.25) is 0 Å². The summed E-state index contributed by atoms with van der Waals surface area (Å²) in [4.78, 5) is -0.132. The van der Waals surface area contributed by atoms with E-state index in [0.717, 1.165) is 0 Å². The number of nitrogens with one attached hydrogen (secondary N) is 2. The smallest absolute Gasteiger partial charge is 0.265 e. The van der Waals surface area contributed by atoms with Gasteiger partial charge in [0.25, 0.3) is 10.0 Å². The number of aliphatic hydroxyl groups is 1. The lowest BCUT2D eigenvalue weighted by Crippen LogP contribution is -2.15. The standard InChI is InChI=1S/C11H10Cl3N3O3S/c1-5-11(10(4-18)16-15-5)21(19,20)17-9-3-7(13)6(12)2-8(9)14/h2-3,17-18H,4H2,1H3,(H,15,16). The minimum atomic E-state index is -3.99. The van der Waals surface area contributed by atoms with E-state index in [-0.39, 0.29) is 31.3 Å². The third-order valence-electron chi connectivity index (χ3n) is 2.63. The summed E-state index contributed by atoms with van der Waals surface area (Å²) in [7, 11) is -3.99. The summed E-state index contributed by atoms with van der Waals surface area (Å²) in [5, 5.41) is 15.8. The molecule has 3 N–H and O–H groups in total. The second-order valence-corrected chi connectivity index (χ2v) is 6.98. The molecule has 6 nitrogen and oxygen atoms in total. The van der Waals surface area contributed by atoms with E-state index >= 15 is 0 Å². The molecule has 0 aliphatic rings. The molecule has 114 valence electrons. The fourth-order valence-electron chi connectivity index (χ4n) is 1.73. The number of benzene rings is 1. The van der Waals surface area contributed by atoms with Gasteiger partial charge in [-0.05, 0) is 19.1 Å². The van der Waals surface area contributed by atoms with Crippen molar-refractivity contribution >= 4 is 50.5 Å². The van der Waals surface area contributed by atoms with E-state index in [9.17, 15) is 8.42 Å². The lowest BCUT2D eigenvalue weighted by atomic mass is 10.3. The predicted octanol–water partition coefficient (Wildman–Crippen LogP) is 2.97. The van der Waals surface area contributed by atoms with Crippen molar-refractivity contribution in [2.45, 2.75) is 18.4 Å². The molecule has 0 spiro atoms. The Morgan fingerprint density at radius 3 is 2.48 bits per heavy atom. The summed E-state index contributed by atoms with van der Waals surface area (Å²) in [5.74, 6) is 0. The van der Waals surface area contributed by atoms with Crippen molar-refractivity contribution < 1.29 is 13.5 Å². The van der Waals surface area contributed by atoms with E-state index in [4.69, 9.17) is 39.9 Å². The molecule has 0 saturated carbocycles. The Morgan fingerprint density at radius 2 is 1.86 bits per heavy atom. The van der Waals surface area contributed by atoms with Crippen LogP contribution in [0.25, 0.3) is 0 Å². The van der Waals surface area contributed by atoms with Gasteiger partial charge in [-0.25, -0.2) is 8.42 Å². The Labute approximate surface area is 136 Å². The first-order valence-electron chi connectivity index (χ1n) is 5.58. The number of aromatic nitrogens is 2. The fraction of sp³-hybridized carbons (Fsp3) is 0.182. The van der Waals surface area contributed by atoms with Crippen LogP contribution in [0, 0.1) is 6.92 Å². The first kappa shape index (κ1) is 16.4. The second kappa shape index (κ2) is 6.02. The number of halogens is 3. The number of rotatable bonds is 4. The number of hydrogen-bond donors (Lipinski definition) is 3. The molecule has 1 aromatic carbocycles. The number of aryl methyl sites for hydroxylation is 1. The normalized spacial score (nSPS) is 11.7. The predicted molar refractivity (Wildman–Crippen MR) is 81.5 cm³/mol. The minimum Gasteiger partial charge on any atom is -0.390 e. The molecule has 0 atom stereocenters. The number of sulfonamides is 1. The maximum absolute atomic E-state index is 12.4. The third-order valence-corrected chi connectivity index (χ3v) is 5.24. The number of nitrogens with zero attached hydrogens (tertiary/aromatic N) is 1. The zero-order valence-corrected chi connectivity index (χ0v) is 13.7. The van der Waals surface area contributed by atoms with Crippen molar-refractivity contribution in [3.63, 3.8) is 0 Å². The van der Waals surface area contributed by atoms with Crippen LogP contribution in [0.4, 0.5) is 5.69 Å². The number of anilines is 1. The topological polar surface area (TPSA) is 95.1 Å². The average molecular weight is 371 g/mol. The van der Waals surface area contributed by atoms with Gasteiger partial charge in [0.1, 0.15) is 10.6 Å². The Hall–Kier alpha value is -0.990. The summed E-state index contributed by atoms with van der Waals surface area (Å²) in [6.07, 6.45) is 0. The minimum absolute atomic E-state index is 0.0104. The van der Waals surface area contributed by atoms with Gasteiger partial charge in [0.15, 0.2) is 0 Å². The van der Waals surface area contributed by atoms with E-state index in [2.05, 4.69) is 14.9 Å². The molecular formula is C11H10Cl3N3O3S. The SMILES string of the molecule is Cc1[nH]nc(CO)c1S(=O)(=O)Nc1cc(Cl)c(Cl)cc1Cl. The van der Waals surface area contributed by atoms with E-state index in [1.807, 2.05) is 0 Å².